The fraction of sp³-hybridized carbons (Fsp3) is 0.607. The van der Waals surface area contributed by atoms with Crippen molar-refractivity contribution < 1.29 is 103 Å². The number of imidazole rings is 1. The lowest BCUT2D eigenvalue weighted by Gasteiger charge is -2.28. The van der Waals surface area contributed by atoms with Gasteiger partial charge in [0.25, 0.3) is 0 Å². The van der Waals surface area contributed by atoms with Gasteiger partial charge in [-0.2, -0.15) is 0 Å². The zero-order valence-electron chi connectivity index (χ0n) is 55.3. The number of unbranched alkanes of at least 4 members (excludes halogenated alkanes) is 1. The number of amides is 10. The molecule has 2 rings (SSSR count). The molecule has 1 aromatic carbocycles. The van der Waals surface area contributed by atoms with E-state index in [9.17, 15) is 103 Å². The molecule has 1 aromatic heterocycles. The minimum absolute atomic E-state index is 0.0420. The summed E-state index contributed by atoms with van der Waals surface area (Å²) >= 11 is 0. The summed E-state index contributed by atoms with van der Waals surface area (Å²) in [6, 6.07) is -9.19. The highest BCUT2D eigenvalue weighted by Crippen LogP contribution is 2.15. The first-order valence-corrected chi connectivity index (χ1v) is 31.6. The van der Waals surface area contributed by atoms with Gasteiger partial charge in [0.1, 0.15) is 54.1 Å². The highest BCUT2D eigenvalue weighted by atomic mass is 16.4. The Balaban J connectivity index is 2.23. The van der Waals surface area contributed by atoms with Crippen LogP contribution in [0.25, 0.3) is 0 Å². The molecule has 0 radical (unpaired) electrons. The number of aliphatic carboxylic acids is 2. The van der Waals surface area contributed by atoms with E-state index in [4.69, 9.17) is 5.84 Å². The van der Waals surface area contributed by atoms with E-state index in [2.05, 4.69) is 73.9 Å². The smallest absolute Gasteiger partial charge is 0.305 e. The summed E-state index contributed by atoms with van der Waals surface area (Å²) in [5.74, 6) is -12.2. The van der Waals surface area contributed by atoms with Gasteiger partial charge in [0.2, 0.25) is 70.6 Å². The number of aliphatic hydroxyl groups excluding tert-OH is 4. The molecule has 10 amide bonds. The van der Waals surface area contributed by atoms with Crippen molar-refractivity contribution >= 4 is 88.4 Å². The van der Waals surface area contributed by atoms with Crippen LogP contribution in [0, 0.1) is 11.8 Å². The number of hydrogen-bond acceptors (Lipinski definition) is 23. The fourth-order valence-electron chi connectivity index (χ4n) is 9.44. The largest absolute Gasteiger partial charge is 0.481 e. The summed E-state index contributed by atoms with van der Waals surface area (Å²) in [6.07, 6.45) is -0.177. The highest BCUT2D eigenvalue weighted by Gasteiger charge is 2.39. The molecular weight excluding hydrogens is 1280 g/mol. The van der Waals surface area contributed by atoms with Crippen molar-refractivity contribution in [2.75, 3.05) is 32.8 Å². The lowest BCUT2D eigenvalue weighted by atomic mass is 9.92. The van der Waals surface area contributed by atoms with E-state index in [1.807, 2.05) is 6.92 Å². The lowest BCUT2D eigenvalue weighted by molar-refractivity contribution is -0.143. The van der Waals surface area contributed by atoms with Crippen LogP contribution in [0.5, 0.6) is 0 Å². The number of Topliss-reactive ketones (excluding diaryl/α,β-unsaturated/α-hetero) is 3. The highest BCUT2D eigenvalue weighted by molar-refractivity contribution is 6.41. The van der Waals surface area contributed by atoms with Crippen LogP contribution >= 0.6 is 0 Å². The molecular formula is C61H95N15O21. The number of aliphatic hydroxyl groups is 4. The number of nitrogens with zero attached hydrogens (tertiary/aromatic N) is 1. The zero-order chi connectivity index (χ0) is 73.1. The second kappa shape index (κ2) is 43.8. The van der Waals surface area contributed by atoms with Gasteiger partial charge in [-0.25, -0.2) is 10.4 Å². The van der Waals surface area contributed by atoms with Crippen LogP contribution in [0.2, 0.25) is 0 Å². The van der Waals surface area contributed by atoms with Crippen molar-refractivity contribution in [2.24, 2.45) is 17.7 Å². The van der Waals surface area contributed by atoms with Crippen LogP contribution in [0.3, 0.4) is 0 Å². The average molecular weight is 1370 g/mol. The van der Waals surface area contributed by atoms with Crippen LogP contribution in [0.4, 0.5) is 0 Å². The summed E-state index contributed by atoms with van der Waals surface area (Å²) < 4.78 is 0. The SMILES string of the molecule is CCCC(=O)NCCCC[C@H](CC)C(=O)CN[C@@H](CO)C(=O)C(=O)[C@@H](NC(=O)C(CC(=O)O)NC(=O)[C@H](CO)NC(=O)[C@@H](NC(=O)[C@H](Cc1ccccc1)NC(=O)[C@@H](NC(=O)CNC(=O)C(CCC(=O)O)NC(=O)[C@H](C)NC(=O)C(Cc1cnc[nH]1)NN)[C@@H](C)O)[C@@H](C)O)C(C)C. The van der Waals surface area contributed by atoms with E-state index in [-0.39, 0.29) is 24.5 Å². The van der Waals surface area contributed by atoms with Crippen molar-refractivity contribution in [1.82, 2.24) is 73.9 Å². The number of ketones is 3. The van der Waals surface area contributed by atoms with E-state index in [0.29, 0.717) is 56.3 Å². The summed E-state index contributed by atoms with van der Waals surface area (Å²) in [4.78, 5) is 204. The number of rotatable bonds is 48. The predicted octanol–water partition coefficient (Wildman–Crippen LogP) is -6.44. The number of benzene rings is 1. The number of hydrazine groups is 1. The Kier molecular flexibility index (Phi) is 37.9. The number of aromatic amines is 1. The Hall–Kier alpha value is -9.20. The minimum Gasteiger partial charge on any atom is -0.481 e. The van der Waals surface area contributed by atoms with E-state index in [0.717, 1.165) is 13.8 Å². The van der Waals surface area contributed by atoms with Crippen molar-refractivity contribution in [3.63, 3.8) is 0 Å². The number of hydrogen-bond donors (Lipinski definition) is 20. The monoisotopic (exact) mass is 1370 g/mol. The number of aromatic nitrogens is 2. The van der Waals surface area contributed by atoms with E-state index < -0.39 is 207 Å². The molecule has 21 N–H and O–H groups in total. The average Bonchev–Trinajstić information content (AvgIpc) is 1.16. The molecule has 0 saturated carbocycles. The summed E-state index contributed by atoms with van der Waals surface area (Å²) in [5, 5.41) is 86.6. The minimum atomic E-state index is -2.07. The molecule has 36 heteroatoms. The predicted molar refractivity (Wildman–Crippen MR) is 342 cm³/mol. The van der Waals surface area contributed by atoms with Gasteiger partial charge in [0.05, 0.1) is 63.3 Å². The normalized spacial score (nSPS) is 15.2. The molecule has 0 saturated heterocycles. The third-order valence-corrected chi connectivity index (χ3v) is 15.1. The standard InChI is InChI=1S/C61H95N15O21/c1-8-15-45(82)64-21-14-13-18-36(9-2)44(81)26-65-42(28-77)52(88)53(89)49(31(3)4)74-57(93)40(24-48(86)87)70-59(95)43(29-78)72-61(97)51(34(7)80)75-56(92)39(22-35-16-11-10-12-17-35)71-60(96)50(33(6)79)73-46(83)27-66-55(91)38(19-20-47(84)85)69-54(90)32(5)68-58(94)41(76-62)23-37-25-63-30-67-37/h10-12,16-17,25,30-34,36,38-43,49-51,65,76-80H,8-9,13-15,18-24,26-29,62H2,1-7H3,(H,63,67)(H,64,82)(H,66,91)(H,68,94)(H,69,90)(H,70,95)(H,71,96)(H,72,97)(H,73,83)(H,74,93)(H,75,92)(H,84,85)(H,86,87)/t32-,33+,34+,36-,38?,39-,40?,41?,42-,43-,49-,50-,51-/m0/s1. The molecule has 3 unspecified atom stereocenters. The van der Waals surface area contributed by atoms with Crippen molar-refractivity contribution in [2.45, 2.75) is 192 Å². The van der Waals surface area contributed by atoms with Gasteiger partial charge in [-0.05, 0) is 64.4 Å². The Morgan fingerprint density at radius 1 is 0.536 bits per heavy atom. The van der Waals surface area contributed by atoms with Crippen LogP contribution in [-0.4, -0.2) is 234 Å². The molecule has 0 bridgehead atoms. The first-order valence-electron chi connectivity index (χ1n) is 31.6. The lowest BCUT2D eigenvalue weighted by Crippen LogP contribution is -2.63. The van der Waals surface area contributed by atoms with Gasteiger partial charge >= 0.3 is 11.9 Å². The molecule has 0 aliphatic heterocycles. The Morgan fingerprint density at radius 2 is 1.10 bits per heavy atom. The molecule has 540 valence electrons. The molecule has 0 aliphatic rings. The van der Waals surface area contributed by atoms with Crippen molar-refractivity contribution in [1.29, 1.82) is 0 Å². The van der Waals surface area contributed by atoms with Gasteiger partial charge < -0.3 is 88.8 Å². The first kappa shape index (κ1) is 83.9. The fourth-order valence-corrected chi connectivity index (χ4v) is 9.44. The van der Waals surface area contributed by atoms with Crippen molar-refractivity contribution in [3.8, 4) is 0 Å². The molecule has 1 heterocycles. The Bertz CT molecular complexity index is 2970. The molecule has 36 nitrogen and oxygen atoms in total. The van der Waals surface area contributed by atoms with Crippen LogP contribution in [-0.2, 0) is 84.8 Å². The number of carbonyl (C=O) groups is 15. The van der Waals surface area contributed by atoms with Crippen LogP contribution in [0.15, 0.2) is 42.9 Å². The van der Waals surface area contributed by atoms with Gasteiger partial charge in [-0.3, -0.25) is 83.1 Å². The third kappa shape index (κ3) is 30.2. The van der Waals surface area contributed by atoms with Gasteiger partial charge in [-0.15, -0.1) is 0 Å². The van der Waals surface area contributed by atoms with Crippen molar-refractivity contribution in [3.05, 3.63) is 54.1 Å². The molecule has 97 heavy (non-hydrogen) atoms. The van der Waals surface area contributed by atoms with Gasteiger partial charge in [0.15, 0.2) is 0 Å². The van der Waals surface area contributed by atoms with Gasteiger partial charge in [0, 0.05) is 50.0 Å². The molecule has 2 aromatic rings. The quantitative estimate of drug-likeness (QED) is 0.0127. The van der Waals surface area contributed by atoms with E-state index in [1.54, 1.807) is 25.1 Å². The van der Waals surface area contributed by atoms with Crippen LogP contribution in [0.1, 0.15) is 118 Å². The Labute approximate surface area is 559 Å². The molecule has 0 fully saturated rings. The number of carboxylic acids is 2. The topological polar surface area (TPSA) is 576 Å². The number of H-pyrrole nitrogens is 1. The molecule has 0 aliphatic carbocycles. The number of carbonyl (C=O) groups excluding carboxylic acids is 13. The maximum Gasteiger partial charge on any atom is 0.305 e. The zero-order valence-corrected chi connectivity index (χ0v) is 55.3. The molecule has 13 atom stereocenters. The summed E-state index contributed by atoms with van der Waals surface area (Å²) in [7, 11) is 0. The molecule has 0 spiro atoms. The van der Waals surface area contributed by atoms with Gasteiger partial charge in [-0.1, -0.05) is 64.4 Å². The maximum atomic E-state index is 14.2. The third-order valence-electron chi connectivity index (χ3n) is 15.1. The first-order chi connectivity index (χ1) is 45.8. The second-order valence-electron chi connectivity index (χ2n) is 23.4. The summed E-state index contributed by atoms with van der Waals surface area (Å²) in [6.45, 7) is 6.71. The summed E-state index contributed by atoms with van der Waals surface area (Å²) in [5.41, 5.74) is 3.23. The second-order valence-corrected chi connectivity index (χ2v) is 23.4. The Morgan fingerprint density at radius 3 is 1.65 bits per heavy atom. The van der Waals surface area contributed by atoms with E-state index in [1.165, 1.54) is 45.4 Å². The maximum absolute atomic E-state index is 14.2. The van der Waals surface area contributed by atoms with Crippen LogP contribution < -0.4 is 69.8 Å². The number of carboxylic acid groups (broad SMARTS) is 2. The number of nitrogens with one attached hydrogen (secondary N) is 13. The van der Waals surface area contributed by atoms with E-state index >= 15 is 0 Å². The number of nitrogens with two attached hydrogens (primary N) is 1.